The maximum absolute atomic E-state index is 12.0. The molecule has 1 aromatic carbocycles. The molecule has 6 heteroatoms. The zero-order chi connectivity index (χ0) is 14.8. The second-order valence-corrected chi connectivity index (χ2v) is 4.88. The van der Waals surface area contributed by atoms with Gasteiger partial charge in [-0.05, 0) is 6.07 Å². The minimum absolute atomic E-state index is 0.0356. The van der Waals surface area contributed by atoms with Crippen molar-refractivity contribution in [2.45, 2.75) is 13.3 Å². The average molecular weight is 284 g/mol. The predicted octanol–water partition coefficient (Wildman–Crippen LogP) is 1.88. The topological polar surface area (TPSA) is 73.0 Å². The van der Waals surface area contributed by atoms with Crippen molar-refractivity contribution in [3.05, 3.63) is 52.4 Å². The highest BCUT2D eigenvalue weighted by Crippen LogP contribution is 2.20. The second-order valence-electron chi connectivity index (χ2n) is 4.88. The molecule has 0 saturated carbocycles. The van der Waals surface area contributed by atoms with E-state index in [2.05, 4.69) is 15.5 Å². The first-order valence-corrected chi connectivity index (χ1v) is 6.77. The number of aryl methyl sites for hydroxylation is 2. The van der Waals surface area contributed by atoms with Crippen LogP contribution in [0.3, 0.4) is 0 Å². The molecule has 0 spiro atoms. The van der Waals surface area contributed by atoms with E-state index in [0.717, 1.165) is 16.6 Å². The van der Waals surface area contributed by atoms with Gasteiger partial charge in [-0.2, -0.15) is 4.98 Å². The molecule has 3 rings (SSSR count). The molecule has 0 fully saturated rings. The van der Waals surface area contributed by atoms with Crippen molar-refractivity contribution >= 4 is 16.6 Å². The fourth-order valence-electron chi connectivity index (χ4n) is 2.31. The summed E-state index contributed by atoms with van der Waals surface area (Å²) in [4.78, 5) is 16.1. The van der Waals surface area contributed by atoms with Gasteiger partial charge in [0.1, 0.15) is 0 Å². The number of pyridine rings is 1. The minimum Gasteiger partial charge on any atom is -0.384 e. The van der Waals surface area contributed by atoms with E-state index in [-0.39, 0.29) is 5.56 Å². The van der Waals surface area contributed by atoms with E-state index in [4.69, 9.17) is 4.52 Å². The lowest BCUT2D eigenvalue weighted by Gasteiger charge is -2.11. The van der Waals surface area contributed by atoms with Crippen molar-refractivity contribution < 1.29 is 4.52 Å². The fraction of sp³-hybridized carbons (Fsp3) is 0.267. The quantitative estimate of drug-likeness (QED) is 0.792. The van der Waals surface area contributed by atoms with Crippen molar-refractivity contribution in [2.75, 3.05) is 11.9 Å². The summed E-state index contributed by atoms with van der Waals surface area (Å²) in [7, 11) is 1.77. The van der Waals surface area contributed by atoms with E-state index in [1.807, 2.05) is 24.3 Å². The Morgan fingerprint density at radius 3 is 2.90 bits per heavy atom. The third-order valence-corrected chi connectivity index (χ3v) is 3.39. The standard InChI is InChI=1S/C15H16N4O2/c1-10-17-14(18-21-10)7-8-16-12-9-15(20)19(2)13-6-4-3-5-11(12)13/h3-6,9,16H,7-8H2,1-2H3. The summed E-state index contributed by atoms with van der Waals surface area (Å²) in [5.41, 5.74) is 1.70. The lowest BCUT2D eigenvalue weighted by atomic mass is 10.1. The van der Waals surface area contributed by atoms with Crippen molar-refractivity contribution in [3.8, 4) is 0 Å². The van der Waals surface area contributed by atoms with E-state index in [0.29, 0.717) is 24.7 Å². The second kappa shape index (κ2) is 5.40. The maximum atomic E-state index is 12.0. The number of aromatic nitrogens is 3. The van der Waals surface area contributed by atoms with Crippen molar-refractivity contribution in [2.24, 2.45) is 7.05 Å². The molecule has 0 amide bonds. The van der Waals surface area contributed by atoms with Gasteiger partial charge in [-0.25, -0.2) is 0 Å². The third-order valence-electron chi connectivity index (χ3n) is 3.39. The molecule has 0 atom stereocenters. The average Bonchev–Trinajstić information content (AvgIpc) is 2.90. The number of para-hydroxylation sites is 1. The van der Waals surface area contributed by atoms with Crippen LogP contribution in [-0.4, -0.2) is 21.3 Å². The molecule has 0 radical (unpaired) electrons. The fourth-order valence-corrected chi connectivity index (χ4v) is 2.31. The van der Waals surface area contributed by atoms with Gasteiger partial charge in [-0.1, -0.05) is 23.4 Å². The summed E-state index contributed by atoms with van der Waals surface area (Å²) in [5.74, 6) is 1.22. The molecule has 0 aliphatic carbocycles. The first-order chi connectivity index (χ1) is 10.1. The molecule has 21 heavy (non-hydrogen) atoms. The van der Waals surface area contributed by atoms with E-state index in [9.17, 15) is 4.79 Å². The predicted molar refractivity (Wildman–Crippen MR) is 80.4 cm³/mol. The van der Waals surface area contributed by atoms with Crippen molar-refractivity contribution in [3.63, 3.8) is 0 Å². The Morgan fingerprint density at radius 2 is 2.14 bits per heavy atom. The van der Waals surface area contributed by atoms with Gasteiger partial charge in [-0.15, -0.1) is 0 Å². The van der Waals surface area contributed by atoms with Crippen LogP contribution in [0.1, 0.15) is 11.7 Å². The van der Waals surface area contributed by atoms with Gasteiger partial charge >= 0.3 is 0 Å². The highest BCUT2D eigenvalue weighted by molar-refractivity contribution is 5.91. The summed E-state index contributed by atoms with van der Waals surface area (Å²) in [6.45, 7) is 2.40. The normalized spacial score (nSPS) is 11.0. The van der Waals surface area contributed by atoms with Crippen LogP contribution in [0.25, 0.3) is 10.9 Å². The van der Waals surface area contributed by atoms with Crippen LogP contribution < -0.4 is 10.9 Å². The van der Waals surface area contributed by atoms with Crippen LogP contribution in [0.4, 0.5) is 5.69 Å². The van der Waals surface area contributed by atoms with Crippen molar-refractivity contribution in [1.29, 1.82) is 0 Å². The van der Waals surface area contributed by atoms with Crippen LogP contribution in [0.2, 0.25) is 0 Å². The van der Waals surface area contributed by atoms with Gasteiger partial charge in [0.15, 0.2) is 5.82 Å². The third kappa shape index (κ3) is 2.65. The number of hydrogen-bond acceptors (Lipinski definition) is 5. The van der Waals surface area contributed by atoms with Crippen LogP contribution in [0.15, 0.2) is 39.6 Å². The minimum atomic E-state index is -0.0356. The van der Waals surface area contributed by atoms with Crippen LogP contribution >= 0.6 is 0 Å². The molecule has 0 bridgehead atoms. The Hall–Kier alpha value is -2.63. The van der Waals surface area contributed by atoms with Gasteiger partial charge in [0.25, 0.3) is 5.56 Å². The number of nitrogens with zero attached hydrogens (tertiary/aromatic N) is 3. The Morgan fingerprint density at radius 1 is 1.33 bits per heavy atom. The number of hydrogen-bond donors (Lipinski definition) is 1. The molecule has 0 aliphatic heterocycles. The maximum Gasteiger partial charge on any atom is 0.252 e. The van der Waals surface area contributed by atoms with E-state index < -0.39 is 0 Å². The van der Waals surface area contributed by atoms with E-state index >= 15 is 0 Å². The molecule has 2 aromatic heterocycles. The van der Waals surface area contributed by atoms with Gasteiger partial charge in [-0.3, -0.25) is 4.79 Å². The lowest BCUT2D eigenvalue weighted by Crippen LogP contribution is -2.18. The number of fused-ring (bicyclic) bond motifs is 1. The lowest BCUT2D eigenvalue weighted by molar-refractivity contribution is 0.387. The molecular formula is C15H16N4O2. The molecule has 2 heterocycles. The number of benzene rings is 1. The smallest absolute Gasteiger partial charge is 0.252 e. The Labute approximate surface area is 121 Å². The summed E-state index contributed by atoms with van der Waals surface area (Å²) in [6.07, 6.45) is 0.640. The first-order valence-electron chi connectivity index (χ1n) is 6.77. The van der Waals surface area contributed by atoms with Crippen LogP contribution in [0.5, 0.6) is 0 Å². The highest BCUT2D eigenvalue weighted by Gasteiger charge is 2.06. The molecule has 0 aliphatic rings. The van der Waals surface area contributed by atoms with Crippen molar-refractivity contribution in [1.82, 2.24) is 14.7 Å². The molecule has 3 aromatic rings. The summed E-state index contributed by atoms with van der Waals surface area (Å²) in [5, 5.41) is 8.14. The van der Waals surface area contributed by atoms with E-state index in [1.54, 1.807) is 24.6 Å². The Balaban J connectivity index is 1.84. The van der Waals surface area contributed by atoms with Crippen LogP contribution in [0, 0.1) is 6.92 Å². The summed E-state index contributed by atoms with van der Waals surface area (Å²) >= 11 is 0. The number of anilines is 1. The number of rotatable bonds is 4. The highest BCUT2D eigenvalue weighted by atomic mass is 16.5. The molecular weight excluding hydrogens is 268 g/mol. The molecule has 108 valence electrons. The van der Waals surface area contributed by atoms with E-state index in [1.165, 1.54) is 0 Å². The number of nitrogens with one attached hydrogen (secondary N) is 1. The summed E-state index contributed by atoms with van der Waals surface area (Å²) < 4.78 is 6.57. The van der Waals surface area contributed by atoms with Gasteiger partial charge in [0.2, 0.25) is 5.89 Å². The largest absolute Gasteiger partial charge is 0.384 e. The SMILES string of the molecule is Cc1nc(CCNc2cc(=O)n(C)c3ccccc23)no1. The molecule has 6 nitrogen and oxygen atoms in total. The van der Waals surface area contributed by atoms with Gasteiger partial charge in [0, 0.05) is 44.1 Å². The first kappa shape index (κ1) is 13.4. The van der Waals surface area contributed by atoms with Crippen LogP contribution in [-0.2, 0) is 13.5 Å². The molecule has 1 N–H and O–H groups in total. The zero-order valence-corrected chi connectivity index (χ0v) is 12.0. The zero-order valence-electron chi connectivity index (χ0n) is 12.0. The Kier molecular flexibility index (Phi) is 3.43. The molecule has 0 saturated heterocycles. The summed E-state index contributed by atoms with van der Waals surface area (Å²) in [6, 6.07) is 9.43. The Bertz CT molecular complexity index is 835. The van der Waals surface area contributed by atoms with Gasteiger partial charge < -0.3 is 14.4 Å². The van der Waals surface area contributed by atoms with Gasteiger partial charge in [0.05, 0.1) is 5.52 Å². The monoisotopic (exact) mass is 284 g/mol. The molecule has 0 unspecified atom stereocenters.